The van der Waals surface area contributed by atoms with Crippen molar-refractivity contribution in [2.24, 2.45) is 5.10 Å². The van der Waals surface area contributed by atoms with Gasteiger partial charge in [0.25, 0.3) is 0 Å². The second-order valence-electron chi connectivity index (χ2n) is 5.17. The lowest BCUT2D eigenvalue weighted by atomic mass is 10.1. The number of fused-ring (bicyclic) bond motifs is 1. The Kier molecular flexibility index (Phi) is 5.01. The Hall–Kier alpha value is -2.12. The molecular formula is C16H14ClN3O3S. The summed E-state index contributed by atoms with van der Waals surface area (Å²) in [6.45, 7) is -0.00213. The quantitative estimate of drug-likeness (QED) is 0.513. The minimum atomic E-state index is -0.566. The molecular weight excluding hydrogens is 350 g/mol. The summed E-state index contributed by atoms with van der Waals surface area (Å²) in [5.41, 5.74) is 3.88. The van der Waals surface area contributed by atoms with Gasteiger partial charge < -0.3 is 4.74 Å². The Morgan fingerprint density at radius 3 is 2.92 bits per heavy atom. The monoisotopic (exact) mass is 363 g/mol. The van der Waals surface area contributed by atoms with Crippen LogP contribution in [0.25, 0.3) is 10.9 Å². The number of benzene rings is 1. The van der Waals surface area contributed by atoms with Crippen LogP contribution in [0.4, 0.5) is 0 Å². The number of amides is 1. The van der Waals surface area contributed by atoms with Crippen LogP contribution in [0.2, 0.25) is 5.15 Å². The summed E-state index contributed by atoms with van der Waals surface area (Å²) in [6, 6.07) is 7.77. The van der Waals surface area contributed by atoms with Crippen molar-refractivity contribution >= 4 is 51.9 Å². The van der Waals surface area contributed by atoms with Crippen LogP contribution in [0.5, 0.6) is 0 Å². The van der Waals surface area contributed by atoms with E-state index in [1.807, 2.05) is 30.5 Å². The zero-order valence-corrected chi connectivity index (χ0v) is 14.4. The molecule has 8 heteroatoms. The molecule has 1 aromatic heterocycles. The Morgan fingerprint density at radius 1 is 1.38 bits per heavy atom. The van der Waals surface area contributed by atoms with Crippen molar-refractivity contribution in [2.45, 2.75) is 24.3 Å². The molecule has 124 valence electrons. The first-order valence-corrected chi connectivity index (χ1v) is 8.83. The summed E-state index contributed by atoms with van der Waals surface area (Å²) in [7, 11) is 0. The average Bonchev–Trinajstić information content (AvgIpc) is 2.59. The summed E-state index contributed by atoms with van der Waals surface area (Å²) < 4.78 is 5.23. The molecule has 0 spiro atoms. The third-order valence-electron chi connectivity index (χ3n) is 3.55. The number of carbonyl (C=O) groups excluding carboxylic acids is 2. The maximum atomic E-state index is 12.0. The van der Waals surface area contributed by atoms with Crippen molar-refractivity contribution in [3.8, 4) is 0 Å². The summed E-state index contributed by atoms with van der Waals surface area (Å²) in [6.07, 6.45) is 2.49. The van der Waals surface area contributed by atoms with E-state index >= 15 is 0 Å². The van der Waals surface area contributed by atoms with E-state index in [1.54, 1.807) is 11.8 Å². The van der Waals surface area contributed by atoms with E-state index in [4.69, 9.17) is 16.3 Å². The number of carbonyl (C=O) groups is 2. The highest BCUT2D eigenvalue weighted by atomic mass is 35.5. The molecule has 0 saturated heterocycles. The van der Waals surface area contributed by atoms with Gasteiger partial charge in [-0.25, -0.2) is 15.2 Å². The van der Waals surface area contributed by atoms with Crippen LogP contribution in [-0.4, -0.2) is 28.8 Å². The molecule has 24 heavy (non-hydrogen) atoms. The number of nitrogens with zero attached hydrogens (tertiary/aromatic N) is 2. The molecule has 0 saturated carbocycles. The van der Waals surface area contributed by atoms with Crippen molar-refractivity contribution in [3.05, 3.63) is 35.0 Å². The number of rotatable bonds is 4. The van der Waals surface area contributed by atoms with Crippen LogP contribution in [0, 0.1) is 0 Å². The first-order chi connectivity index (χ1) is 11.6. The van der Waals surface area contributed by atoms with Gasteiger partial charge in [-0.15, -0.1) is 11.8 Å². The lowest BCUT2D eigenvalue weighted by Gasteiger charge is -2.12. The van der Waals surface area contributed by atoms with Gasteiger partial charge in [0.05, 0.1) is 5.52 Å². The predicted molar refractivity (Wildman–Crippen MR) is 93.1 cm³/mol. The molecule has 1 amide bonds. The van der Waals surface area contributed by atoms with Crippen LogP contribution in [-0.2, 0) is 20.9 Å². The van der Waals surface area contributed by atoms with Gasteiger partial charge in [0.1, 0.15) is 17.5 Å². The smallest absolute Gasteiger partial charge is 0.354 e. The fraction of sp³-hybridized carbons (Fsp3) is 0.250. The van der Waals surface area contributed by atoms with Crippen molar-refractivity contribution in [3.63, 3.8) is 0 Å². The van der Waals surface area contributed by atoms with E-state index in [0.717, 1.165) is 15.8 Å². The number of ether oxygens (including phenoxy) is 1. The van der Waals surface area contributed by atoms with Gasteiger partial charge in [0.2, 0.25) is 5.91 Å². The number of hydrogen-bond donors (Lipinski definition) is 1. The minimum Gasteiger partial charge on any atom is -0.456 e. The third kappa shape index (κ3) is 3.68. The molecule has 1 aliphatic rings. The Labute approximate surface area is 147 Å². The normalized spacial score (nSPS) is 14.2. The topological polar surface area (TPSA) is 80.6 Å². The molecule has 3 rings (SSSR count). The fourth-order valence-corrected chi connectivity index (χ4v) is 2.88. The van der Waals surface area contributed by atoms with Crippen LogP contribution >= 0.6 is 23.4 Å². The molecule has 0 atom stereocenters. The standard InChI is InChI=1S/C16H14ClN3O3S/c1-24-11-3-2-9-6-10(15(17)18-13(9)7-11)8-23-16(22)12-4-5-14(21)20-19-12/h2-3,6-7H,4-5,8H2,1H3,(H,20,21). The van der Waals surface area contributed by atoms with Crippen LogP contribution in [0.3, 0.4) is 0 Å². The number of esters is 1. The van der Waals surface area contributed by atoms with Gasteiger partial charge in [0, 0.05) is 28.7 Å². The van der Waals surface area contributed by atoms with Crippen molar-refractivity contribution in [1.29, 1.82) is 0 Å². The van der Waals surface area contributed by atoms with E-state index in [2.05, 4.69) is 15.5 Å². The van der Waals surface area contributed by atoms with Crippen molar-refractivity contribution < 1.29 is 14.3 Å². The number of hydrazone groups is 1. The van der Waals surface area contributed by atoms with Gasteiger partial charge >= 0.3 is 5.97 Å². The lowest BCUT2D eigenvalue weighted by molar-refractivity contribution is -0.137. The Bertz CT molecular complexity index is 854. The highest BCUT2D eigenvalue weighted by Crippen LogP contribution is 2.25. The minimum absolute atomic E-state index is 0.00213. The zero-order valence-electron chi connectivity index (χ0n) is 12.8. The van der Waals surface area contributed by atoms with Crippen LogP contribution in [0.1, 0.15) is 18.4 Å². The number of pyridine rings is 1. The number of aromatic nitrogens is 1. The second-order valence-corrected chi connectivity index (χ2v) is 6.40. The molecule has 1 aromatic carbocycles. The number of hydrogen-bond acceptors (Lipinski definition) is 6. The number of halogens is 1. The molecule has 0 aliphatic carbocycles. The van der Waals surface area contributed by atoms with Gasteiger partial charge in [-0.2, -0.15) is 5.10 Å². The summed E-state index contributed by atoms with van der Waals surface area (Å²) in [5.74, 6) is -0.776. The molecule has 2 heterocycles. The predicted octanol–water partition coefficient (Wildman–Crippen LogP) is 2.92. The molecule has 0 bridgehead atoms. The molecule has 6 nitrogen and oxygen atoms in total. The molecule has 0 radical (unpaired) electrons. The summed E-state index contributed by atoms with van der Waals surface area (Å²) in [5, 5.41) is 4.93. The highest BCUT2D eigenvalue weighted by molar-refractivity contribution is 7.98. The second kappa shape index (κ2) is 7.19. The summed E-state index contributed by atoms with van der Waals surface area (Å²) >= 11 is 7.82. The van der Waals surface area contributed by atoms with E-state index < -0.39 is 5.97 Å². The van der Waals surface area contributed by atoms with Gasteiger partial charge in [0.15, 0.2) is 0 Å². The molecule has 1 N–H and O–H groups in total. The molecule has 0 unspecified atom stereocenters. The van der Waals surface area contributed by atoms with E-state index in [-0.39, 0.29) is 31.1 Å². The molecule has 1 aliphatic heterocycles. The van der Waals surface area contributed by atoms with Crippen LogP contribution in [0.15, 0.2) is 34.3 Å². The first-order valence-electron chi connectivity index (χ1n) is 7.22. The largest absolute Gasteiger partial charge is 0.456 e. The maximum absolute atomic E-state index is 12.0. The fourth-order valence-electron chi connectivity index (χ4n) is 2.24. The van der Waals surface area contributed by atoms with Gasteiger partial charge in [-0.1, -0.05) is 17.7 Å². The van der Waals surface area contributed by atoms with E-state index in [9.17, 15) is 9.59 Å². The van der Waals surface area contributed by atoms with E-state index in [0.29, 0.717) is 10.7 Å². The SMILES string of the molecule is CSc1ccc2cc(COC(=O)C3=NNC(=O)CC3)c(Cl)nc2c1. The first kappa shape index (κ1) is 16.7. The molecule has 0 fully saturated rings. The van der Waals surface area contributed by atoms with E-state index in [1.165, 1.54) is 0 Å². The Balaban J connectivity index is 1.74. The average molecular weight is 364 g/mol. The number of thioether (sulfide) groups is 1. The zero-order chi connectivity index (χ0) is 17.1. The maximum Gasteiger partial charge on any atom is 0.354 e. The lowest BCUT2D eigenvalue weighted by Crippen LogP contribution is -2.30. The third-order valence-corrected chi connectivity index (χ3v) is 4.60. The molecule has 2 aromatic rings. The van der Waals surface area contributed by atoms with Crippen molar-refractivity contribution in [2.75, 3.05) is 6.26 Å². The summed E-state index contributed by atoms with van der Waals surface area (Å²) in [4.78, 5) is 28.5. The highest BCUT2D eigenvalue weighted by Gasteiger charge is 2.20. The van der Waals surface area contributed by atoms with Crippen molar-refractivity contribution in [1.82, 2.24) is 10.4 Å². The number of nitrogens with one attached hydrogen (secondary N) is 1. The van der Waals surface area contributed by atoms with Gasteiger partial charge in [-0.3, -0.25) is 4.79 Å². The van der Waals surface area contributed by atoms with Crippen LogP contribution < -0.4 is 5.43 Å². The van der Waals surface area contributed by atoms with Gasteiger partial charge in [-0.05, 0) is 24.5 Å². The Morgan fingerprint density at radius 2 is 2.21 bits per heavy atom.